The number of hydrogen-bond acceptors (Lipinski definition) is 2. The molecule has 1 aromatic carbocycles. The van der Waals surface area contributed by atoms with Gasteiger partial charge >= 0.3 is 0 Å². The summed E-state index contributed by atoms with van der Waals surface area (Å²) in [4.78, 5) is 4.37. The molecule has 0 aliphatic heterocycles. The Morgan fingerprint density at radius 1 is 1.23 bits per heavy atom. The summed E-state index contributed by atoms with van der Waals surface area (Å²) in [5, 5.41) is 7.07. The van der Waals surface area contributed by atoms with Crippen molar-refractivity contribution < 1.29 is 4.39 Å². The molecule has 3 nitrogen and oxygen atoms in total. The van der Waals surface area contributed by atoms with Crippen LogP contribution in [-0.2, 0) is 5.41 Å². The fraction of sp³-hybridized carbons (Fsp3) is 0.400. The van der Waals surface area contributed by atoms with Crippen molar-refractivity contribution in [3.8, 4) is 0 Å². The fourth-order valence-corrected chi connectivity index (χ4v) is 4.36. The summed E-state index contributed by atoms with van der Waals surface area (Å²) >= 11 is 8.98. The summed E-state index contributed by atoms with van der Waals surface area (Å²) in [6.45, 7) is 2.72. The zero-order valence-electron chi connectivity index (χ0n) is 14.8. The monoisotopic (exact) mass is 435 g/mol. The normalized spacial score (nSPS) is 16.1. The van der Waals surface area contributed by atoms with Gasteiger partial charge in [0.1, 0.15) is 11.6 Å². The third kappa shape index (κ3) is 4.60. The maximum absolute atomic E-state index is 13.3. The molecular weight excluding hydrogens is 413 g/mol. The predicted octanol–water partition coefficient (Wildman–Crippen LogP) is 5.48. The van der Waals surface area contributed by atoms with E-state index in [9.17, 15) is 4.39 Å². The number of hydrogen-bond donors (Lipinski definition) is 2. The highest BCUT2D eigenvalue weighted by atomic mass is 79.9. The summed E-state index contributed by atoms with van der Waals surface area (Å²) in [5.41, 5.74) is 2.26. The number of rotatable bonds is 4. The molecule has 1 heterocycles. The summed E-state index contributed by atoms with van der Waals surface area (Å²) < 4.78 is 14.2. The number of thiocarbonyl (C=S) groups is 1. The van der Waals surface area contributed by atoms with Gasteiger partial charge in [-0.2, -0.15) is 0 Å². The van der Waals surface area contributed by atoms with Crippen LogP contribution in [0.3, 0.4) is 0 Å². The molecule has 1 saturated carbocycles. The van der Waals surface area contributed by atoms with Crippen molar-refractivity contribution in [3.05, 3.63) is 57.9 Å². The summed E-state index contributed by atoms with van der Waals surface area (Å²) in [5.74, 6) is 0.507. The van der Waals surface area contributed by atoms with Crippen LogP contribution in [0.1, 0.15) is 43.2 Å². The molecule has 6 heteroatoms. The van der Waals surface area contributed by atoms with Crippen LogP contribution >= 0.6 is 28.1 Å². The van der Waals surface area contributed by atoms with Crippen molar-refractivity contribution in [3.63, 3.8) is 0 Å². The molecule has 1 aliphatic rings. The molecular formula is C20H23BrFN3S. The molecule has 2 aromatic rings. The lowest BCUT2D eigenvalue weighted by Gasteiger charge is -2.38. The van der Waals surface area contributed by atoms with Gasteiger partial charge in [0.2, 0.25) is 0 Å². The van der Waals surface area contributed by atoms with Crippen molar-refractivity contribution in [2.45, 2.75) is 44.4 Å². The van der Waals surface area contributed by atoms with Gasteiger partial charge in [-0.1, -0.05) is 31.4 Å². The van der Waals surface area contributed by atoms with Crippen molar-refractivity contribution in [1.29, 1.82) is 0 Å². The van der Waals surface area contributed by atoms with E-state index in [0.29, 0.717) is 10.9 Å². The van der Waals surface area contributed by atoms with E-state index >= 15 is 0 Å². The Morgan fingerprint density at radius 2 is 1.92 bits per heavy atom. The zero-order chi connectivity index (χ0) is 18.6. The maximum Gasteiger partial charge on any atom is 0.172 e. The van der Waals surface area contributed by atoms with E-state index in [1.165, 1.54) is 24.8 Å². The molecule has 0 amide bonds. The topological polar surface area (TPSA) is 37.0 Å². The molecule has 1 aliphatic carbocycles. The first-order chi connectivity index (χ1) is 12.5. The minimum atomic E-state index is -0.194. The number of halogens is 2. The number of nitrogens with one attached hydrogen (secondary N) is 2. The SMILES string of the molecule is Cc1cnc(NC(=S)NCC2(c3ccc(F)cc3)CCCCC2)c(Br)c1. The molecule has 0 atom stereocenters. The van der Waals surface area contributed by atoms with Crippen LogP contribution in [0.5, 0.6) is 0 Å². The Balaban J connectivity index is 1.69. The van der Waals surface area contributed by atoms with Gasteiger partial charge in [0.15, 0.2) is 5.11 Å². The first-order valence-corrected chi connectivity index (χ1v) is 10.1. The second-order valence-corrected chi connectivity index (χ2v) is 8.26. The molecule has 3 rings (SSSR count). The number of aryl methyl sites for hydroxylation is 1. The van der Waals surface area contributed by atoms with Crippen LogP contribution in [0, 0.1) is 12.7 Å². The van der Waals surface area contributed by atoms with E-state index in [4.69, 9.17) is 12.2 Å². The quantitative estimate of drug-likeness (QED) is 0.623. The van der Waals surface area contributed by atoms with Crippen molar-refractivity contribution in [2.24, 2.45) is 0 Å². The van der Waals surface area contributed by atoms with Crippen LogP contribution in [0.4, 0.5) is 10.2 Å². The largest absolute Gasteiger partial charge is 0.362 e. The second kappa shape index (κ2) is 8.44. The van der Waals surface area contributed by atoms with Crippen LogP contribution in [0.25, 0.3) is 0 Å². The summed E-state index contributed by atoms with van der Waals surface area (Å²) in [6.07, 6.45) is 7.60. The lowest BCUT2D eigenvalue weighted by molar-refractivity contribution is 0.292. The molecule has 0 spiro atoms. The Morgan fingerprint density at radius 3 is 2.58 bits per heavy atom. The van der Waals surface area contributed by atoms with Crippen molar-refractivity contribution in [2.75, 3.05) is 11.9 Å². The third-order valence-corrected chi connectivity index (χ3v) is 5.92. The molecule has 26 heavy (non-hydrogen) atoms. The summed E-state index contributed by atoms with van der Waals surface area (Å²) in [6, 6.07) is 8.93. The zero-order valence-corrected chi connectivity index (χ0v) is 17.2. The van der Waals surface area contributed by atoms with Gasteiger partial charge in [-0.3, -0.25) is 0 Å². The van der Waals surface area contributed by atoms with E-state index in [1.807, 2.05) is 25.1 Å². The van der Waals surface area contributed by atoms with Gasteiger partial charge in [0, 0.05) is 18.2 Å². The molecule has 1 fully saturated rings. The Bertz CT molecular complexity index is 773. The van der Waals surface area contributed by atoms with Crippen molar-refractivity contribution >= 4 is 39.1 Å². The van der Waals surface area contributed by atoms with E-state index in [-0.39, 0.29) is 11.2 Å². The molecule has 0 radical (unpaired) electrons. The van der Waals surface area contributed by atoms with Crippen LogP contribution in [0.2, 0.25) is 0 Å². The first kappa shape index (κ1) is 19.2. The Hall–Kier alpha value is -1.53. The number of nitrogens with zero attached hydrogens (tertiary/aromatic N) is 1. The minimum Gasteiger partial charge on any atom is -0.362 e. The van der Waals surface area contributed by atoms with Gasteiger partial charge in [0.05, 0.1) is 4.47 Å². The predicted molar refractivity (Wildman–Crippen MR) is 112 cm³/mol. The van der Waals surface area contributed by atoms with E-state index < -0.39 is 0 Å². The van der Waals surface area contributed by atoms with Gasteiger partial charge in [-0.05, 0) is 77.2 Å². The Kier molecular flexibility index (Phi) is 6.24. The van der Waals surface area contributed by atoms with Gasteiger partial charge in [0.25, 0.3) is 0 Å². The smallest absolute Gasteiger partial charge is 0.172 e. The van der Waals surface area contributed by atoms with Crippen LogP contribution in [0.15, 0.2) is 41.0 Å². The number of anilines is 1. The van der Waals surface area contributed by atoms with E-state index in [1.54, 1.807) is 18.3 Å². The molecule has 138 valence electrons. The lowest BCUT2D eigenvalue weighted by Crippen LogP contribution is -2.43. The number of benzene rings is 1. The van der Waals surface area contributed by atoms with Gasteiger partial charge < -0.3 is 10.6 Å². The molecule has 0 saturated heterocycles. The highest BCUT2D eigenvalue weighted by Crippen LogP contribution is 2.39. The Labute approximate surface area is 167 Å². The standard InChI is InChI=1S/C20H23BrFN3S/c1-14-11-17(21)18(23-12-14)25-19(26)24-13-20(9-3-2-4-10-20)15-5-7-16(22)8-6-15/h5-8,11-12H,2-4,9-10,13H2,1H3,(H2,23,24,25,26). The van der Waals surface area contributed by atoms with Crippen LogP contribution < -0.4 is 10.6 Å². The molecule has 1 aromatic heterocycles. The minimum absolute atomic E-state index is 0.00434. The first-order valence-electron chi connectivity index (χ1n) is 8.92. The van der Waals surface area contributed by atoms with Gasteiger partial charge in [-0.25, -0.2) is 9.37 Å². The average Bonchev–Trinajstić information content (AvgIpc) is 2.64. The molecule has 2 N–H and O–H groups in total. The van der Waals surface area contributed by atoms with E-state index in [0.717, 1.165) is 29.4 Å². The third-order valence-electron chi connectivity index (χ3n) is 5.06. The molecule has 0 bridgehead atoms. The number of pyridine rings is 1. The fourth-order valence-electron chi connectivity index (χ4n) is 3.63. The second-order valence-electron chi connectivity index (χ2n) is 7.00. The van der Waals surface area contributed by atoms with E-state index in [2.05, 4.69) is 31.5 Å². The lowest BCUT2D eigenvalue weighted by atomic mass is 9.69. The summed E-state index contributed by atoms with van der Waals surface area (Å²) in [7, 11) is 0. The molecule has 0 unspecified atom stereocenters. The van der Waals surface area contributed by atoms with Crippen molar-refractivity contribution in [1.82, 2.24) is 10.3 Å². The average molecular weight is 436 g/mol. The number of aromatic nitrogens is 1. The highest BCUT2D eigenvalue weighted by Gasteiger charge is 2.34. The van der Waals surface area contributed by atoms with Gasteiger partial charge in [-0.15, -0.1) is 0 Å². The van der Waals surface area contributed by atoms with Crippen LogP contribution in [-0.4, -0.2) is 16.6 Å². The highest BCUT2D eigenvalue weighted by molar-refractivity contribution is 9.10. The maximum atomic E-state index is 13.3.